The van der Waals surface area contributed by atoms with Gasteiger partial charge in [-0.1, -0.05) is 17.7 Å². The van der Waals surface area contributed by atoms with E-state index in [0.717, 1.165) is 22.6 Å². The van der Waals surface area contributed by atoms with Crippen molar-refractivity contribution in [2.75, 3.05) is 18.5 Å². The lowest BCUT2D eigenvalue weighted by Gasteiger charge is -2.33. The van der Waals surface area contributed by atoms with E-state index in [2.05, 4.69) is 5.32 Å². The maximum absolute atomic E-state index is 13.5. The second-order valence-corrected chi connectivity index (χ2v) is 8.18. The molecule has 4 rings (SSSR count). The van der Waals surface area contributed by atoms with Crippen LogP contribution < -0.4 is 11.1 Å². The van der Waals surface area contributed by atoms with Crippen molar-refractivity contribution in [2.24, 2.45) is 5.73 Å². The standard InChI is InChI=1S/C23H26FN5O2/c1-15-3-9-18(10-4-15)26-21-20(16-5-7-17(24)8-6-16)27-19-13-28(11-12-29(19)21)22(31)23(2,25)14-30/h3-10,26,30H,11-14,25H2,1-2H3. The summed E-state index contributed by atoms with van der Waals surface area (Å²) in [7, 11) is 0. The number of carbonyl (C=O) groups excluding carboxylic acids is 1. The van der Waals surface area contributed by atoms with E-state index >= 15 is 0 Å². The van der Waals surface area contributed by atoms with E-state index in [9.17, 15) is 14.3 Å². The van der Waals surface area contributed by atoms with Gasteiger partial charge in [-0.3, -0.25) is 4.79 Å². The van der Waals surface area contributed by atoms with Gasteiger partial charge < -0.3 is 25.6 Å². The Labute approximate surface area is 180 Å². The van der Waals surface area contributed by atoms with Gasteiger partial charge >= 0.3 is 0 Å². The number of hydrogen-bond acceptors (Lipinski definition) is 5. The largest absolute Gasteiger partial charge is 0.394 e. The predicted octanol–water partition coefficient (Wildman–Crippen LogP) is 2.79. The number of amides is 1. The molecule has 0 aliphatic carbocycles. The van der Waals surface area contributed by atoms with Crippen LogP contribution in [0, 0.1) is 12.7 Å². The average molecular weight is 423 g/mol. The van der Waals surface area contributed by atoms with Crippen molar-refractivity contribution in [3.63, 3.8) is 0 Å². The van der Waals surface area contributed by atoms with E-state index in [4.69, 9.17) is 10.7 Å². The van der Waals surface area contributed by atoms with Crippen LogP contribution in [0.1, 0.15) is 18.3 Å². The van der Waals surface area contributed by atoms with Crippen molar-refractivity contribution in [1.29, 1.82) is 0 Å². The fourth-order valence-electron chi connectivity index (χ4n) is 3.64. The zero-order chi connectivity index (χ0) is 22.2. The van der Waals surface area contributed by atoms with Crippen molar-refractivity contribution in [3.05, 3.63) is 65.7 Å². The van der Waals surface area contributed by atoms with E-state index in [1.54, 1.807) is 17.0 Å². The first-order valence-corrected chi connectivity index (χ1v) is 10.2. The van der Waals surface area contributed by atoms with E-state index in [1.165, 1.54) is 19.1 Å². The number of carbonyl (C=O) groups is 1. The molecule has 1 unspecified atom stereocenters. The third kappa shape index (κ3) is 4.17. The Morgan fingerprint density at radius 2 is 1.87 bits per heavy atom. The van der Waals surface area contributed by atoms with Gasteiger partial charge in [-0.25, -0.2) is 9.37 Å². The summed E-state index contributed by atoms with van der Waals surface area (Å²) in [6.07, 6.45) is 0. The quantitative estimate of drug-likeness (QED) is 0.586. The number of benzene rings is 2. The maximum Gasteiger partial charge on any atom is 0.245 e. The Hall–Kier alpha value is -3.23. The molecule has 31 heavy (non-hydrogen) atoms. The summed E-state index contributed by atoms with van der Waals surface area (Å²) in [6.45, 7) is 4.35. The van der Waals surface area contributed by atoms with Crippen LogP contribution in [0.2, 0.25) is 0 Å². The third-order valence-electron chi connectivity index (χ3n) is 5.51. The van der Waals surface area contributed by atoms with Gasteiger partial charge in [0.05, 0.1) is 13.2 Å². The second kappa shape index (κ2) is 8.13. The summed E-state index contributed by atoms with van der Waals surface area (Å²) < 4.78 is 15.5. The molecule has 1 atom stereocenters. The van der Waals surface area contributed by atoms with Gasteiger partial charge in [-0.2, -0.15) is 0 Å². The number of anilines is 2. The molecule has 1 amide bonds. The molecule has 4 N–H and O–H groups in total. The van der Waals surface area contributed by atoms with Crippen LogP contribution in [-0.4, -0.2) is 44.2 Å². The number of nitrogens with zero attached hydrogens (tertiary/aromatic N) is 3. The van der Waals surface area contributed by atoms with Crippen molar-refractivity contribution >= 4 is 17.4 Å². The SMILES string of the molecule is Cc1ccc(Nc2c(-c3ccc(F)cc3)nc3n2CCN(C(=O)C(C)(N)CO)C3)cc1. The number of imidazole rings is 1. The molecule has 1 aliphatic rings. The molecule has 0 saturated carbocycles. The Balaban J connectivity index is 1.73. The molecule has 162 valence electrons. The van der Waals surface area contributed by atoms with E-state index in [0.29, 0.717) is 24.6 Å². The molecule has 2 heterocycles. The van der Waals surface area contributed by atoms with E-state index in [-0.39, 0.29) is 18.3 Å². The molecule has 7 nitrogen and oxygen atoms in total. The fraction of sp³-hybridized carbons (Fsp3) is 0.304. The van der Waals surface area contributed by atoms with Gasteiger partial charge in [0.2, 0.25) is 5.91 Å². The Morgan fingerprint density at radius 3 is 2.52 bits per heavy atom. The van der Waals surface area contributed by atoms with Crippen LogP contribution in [0.25, 0.3) is 11.3 Å². The van der Waals surface area contributed by atoms with Crippen LogP contribution >= 0.6 is 0 Å². The minimum absolute atomic E-state index is 0.273. The number of hydrogen-bond donors (Lipinski definition) is 3. The first kappa shape index (κ1) is 21.0. The molecule has 0 saturated heterocycles. The van der Waals surface area contributed by atoms with Gasteiger partial charge in [-0.15, -0.1) is 0 Å². The molecular formula is C23H26FN5O2. The van der Waals surface area contributed by atoms with Crippen molar-refractivity contribution in [2.45, 2.75) is 32.5 Å². The maximum atomic E-state index is 13.5. The molecule has 2 aromatic carbocycles. The normalized spacial score (nSPS) is 15.3. The summed E-state index contributed by atoms with van der Waals surface area (Å²) in [5.41, 5.74) is 8.13. The van der Waals surface area contributed by atoms with Crippen molar-refractivity contribution in [3.8, 4) is 11.3 Å². The molecule has 0 spiro atoms. The molecule has 0 bridgehead atoms. The summed E-state index contributed by atoms with van der Waals surface area (Å²) in [6, 6.07) is 14.2. The number of fused-ring (bicyclic) bond motifs is 1. The smallest absolute Gasteiger partial charge is 0.245 e. The van der Waals surface area contributed by atoms with Crippen LogP contribution in [0.3, 0.4) is 0 Å². The van der Waals surface area contributed by atoms with Crippen LogP contribution in [-0.2, 0) is 17.9 Å². The van der Waals surface area contributed by atoms with Gasteiger partial charge in [0.1, 0.15) is 28.7 Å². The first-order valence-electron chi connectivity index (χ1n) is 10.2. The molecule has 0 radical (unpaired) electrons. The lowest BCUT2D eigenvalue weighted by atomic mass is 10.0. The van der Waals surface area contributed by atoms with Crippen LogP contribution in [0.5, 0.6) is 0 Å². The summed E-state index contributed by atoms with van der Waals surface area (Å²) in [5.74, 6) is 0.849. The van der Waals surface area contributed by atoms with Gasteiger partial charge in [-0.05, 0) is 50.2 Å². The molecule has 3 aromatic rings. The van der Waals surface area contributed by atoms with Crippen molar-refractivity contribution in [1.82, 2.24) is 14.5 Å². The molecule has 0 fully saturated rings. The Kier molecular flexibility index (Phi) is 5.51. The molecular weight excluding hydrogens is 397 g/mol. The van der Waals surface area contributed by atoms with Gasteiger partial charge in [0.25, 0.3) is 0 Å². The lowest BCUT2D eigenvalue weighted by molar-refractivity contribution is -0.139. The zero-order valence-corrected chi connectivity index (χ0v) is 17.6. The number of rotatable bonds is 5. The number of nitrogens with two attached hydrogens (primary N) is 1. The summed E-state index contributed by atoms with van der Waals surface area (Å²) >= 11 is 0. The van der Waals surface area contributed by atoms with E-state index in [1.807, 2.05) is 35.8 Å². The molecule has 1 aliphatic heterocycles. The highest BCUT2D eigenvalue weighted by Gasteiger charge is 2.35. The fourth-order valence-corrected chi connectivity index (χ4v) is 3.64. The Morgan fingerprint density at radius 1 is 1.19 bits per heavy atom. The highest BCUT2D eigenvalue weighted by atomic mass is 19.1. The zero-order valence-electron chi connectivity index (χ0n) is 17.6. The molecule has 8 heteroatoms. The van der Waals surface area contributed by atoms with Crippen LogP contribution in [0.15, 0.2) is 48.5 Å². The summed E-state index contributed by atoms with van der Waals surface area (Å²) in [4.78, 5) is 19.1. The van der Waals surface area contributed by atoms with Crippen molar-refractivity contribution < 1.29 is 14.3 Å². The monoisotopic (exact) mass is 423 g/mol. The first-order chi connectivity index (χ1) is 14.8. The Bertz CT molecular complexity index is 1090. The number of aryl methyl sites for hydroxylation is 1. The highest BCUT2D eigenvalue weighted by Crippen LogP contribution is 2.33. The average Bonchev–Trinajstić information content (AvgIpc) is 3.12. The highest BCUT2D eigenvalue weighted by molar-refractivity contribution is 5.86. The van der Waals surface area contributed by atoms with Gasteiger partial charge in [0.15, 0.2) is 0 Å². The third-order valence-corrected chi connectivity index (χ3v) is 5.51. The van der Waals surface area contributed by atoms with Gasteiger partial charge in [0, 0.05) is 24.3 Å². The number of nitrogens with one attached hydrogen (secondary N) is 1. The van der Waals surface area contributed by atoms with Crippen LogP contribution in [0.4, 0.5) is 15.9 Å². The number of aliphatic hydroxyl groups excluding tert-OH is 1. The summed E-state index contributed by atoms with van der Waals surface area (Å²) in [5, 5.41) is 12.9. The minimum Gasteiger partial charge on any atom is -0.394 e. The van der Waals surface area contributed by atoms with E-state index < -0.39 is 12.1 Å². The lowest BCUT2D eigenvalue weighted by Crippen LogP contribution is -2.57. The minimum atomic E-state index is -1.34. The second-order valence-electron chi connectivity index (χ2n) is 8.18. The number of halogens is 1. The number of aromatic nitrogens is 2. The number of aliphatic hydroxyl groups is 1. The topological polar surface area (TPSA) is 96.4 Å². The molecule has 1 aromatic heterocycles. The predicted molar refractivity (Wildman–Crippen MR) is 117 cm³/mol.